The van der Waals surface area contributed by atoms with Crippen LogP contribution in [0.4, 0.5) is 0 Å². The van der Waals surface area contributed by atoms with Gasteiger partial charge in [0.15, 0.2) is 0 Å². The minimum absolute atomic E-state index is 0.261. The van der Waals surface area contributed by atoms with Crippen molar-refractivity contribution in [3.8, 4) is 11.4 Å². The number of hydrogen-bond acceptors (Lipinski definition) is 6. The van der Waals surface area contributed by atoms with Crippen molar-refractivity contribution in [3.05, 3.63) is 88.1 Å². The third-order valence-corrected chi connectivity index (χ3v) is 4.65. The number of thiophene rings is 1. The maximum absolute atomic E-state index is 12.1. The van der Waals surface area contributed by atoms with Gasteiger partial charge in [0, 0.05) is 16.7 Å². The maximum Gasteiger partial charge on any atom is 0.271 e. The van der Waals surface area contributed by atoms with Crippen molar-refractivity contribution < 1.29 is 4.79 Å². The molecule has 0 aliphatic heterocycles. The van der Waals surface area contributed by atoms with Gasteiger partial charge in [0.2, 0.25) is 5.82 Å². The molecule has 7 nitrogen and oxygen atoms in total. The van der Waals surface area contributed by atoms with Gasteiger partial charge in [-0.25, -0.2) is 5.43 Å². The molecule has 138 valence electrons. The smallest absolute Gasteiger partial charge is 0.267 e. The number of tetrazole rings is 1. The molecular weight excluding hydrogens is 372 g/mol. The quantitative estimate of drug-likeness (QED) is 0.406. The van der Waals surface area contributed by atoms with Gasteiger partial charge in [0.25, 0.3) is 5.91 Å². The first-order chi connectivity index (χ1) is 13.8. The number of hydrazone groups is 1. The van der Waals surface area contributed by atoms with E-state index in [0.29, 0.717) is 17.9 Å². The first kappa shape index (κ1) is 17.7. The largest absolute Gasteiger partial charge is 0.271 e. The molecular formula is C20H16N6OS. The van der Waals surface area contributed by atoms with Crippen LogP contribution in [0, 0.1) is 0 Å². The highest BCUT2D eigenvalue weighted by molar-refractivity contribution is 7.08. The average molecular weight is 388 g/mol. The highest BCUT2D eigenvalue weighted by Crippen LogP contribution is 2.12. The van der Waals surface area contributed by atoms with E-state index < -0.39 is 0 Å². The summed E-state index contributed by atoms with van der Waals surface area (Å²) in [5, 5.41) is 20.4. The van der Waals surface area contributed by atoms with Crippen LogP contribution in [-0.4, -0.2) is 32.3 Å². The number of rotatable bonds is 6. The Bertz CT molecular complexity index is 1070. The van der Waals surface area contributed by atoms with E-state index in [4.69, 9.17) is 0 Å². The van der Waals surface area contributed by atoms with Gasteiger partial charge in [-0.1, -0.05) is 42.5 Å². The van der Waals surface area contributed by atoms with Gasteiger partial charge >= 0.3 is 0 Å². The summed E-state index contributed by atoms with van der Waals surface area (Å²) in [6.07, 6.45) is 1.61. The van der Waals surface area contributed by atoms with Crippen LogP contribution in [0.2, 0.25) is 0 Å². The van der Waals surface area contributed by atoms with Crippen molar-refractivity contribution in [3.63, 3.8) is 0 Å². The summed E-state index contributed by atoms with van der Waals surface area (Å²) in [7, 11) is 0. The summed E-state index contributed by atoms with van der Waals surface area (Å²) >= 11 is 1.58. The second kappa shape index (κ2) is 8.36. The van der Waals surface area contributed by atoms with Crippen molar-refractivity contribution in [1.82, 2.24) is 25.6 Å². The second-order valence-electron chi connectivity index (χ2n) is 5.96. The molecule has 2 aromatic carbocycles. The predicted molar refractivity (Wildman–Crippen MR) is 108 cm³/mol. The maximum atomic E-state index is 12.1. The Morgan fingerprint density at radius 2 is 1.93 bits per heavy atom. The van der Waals surface area contributed by atoms with Crippen LogP contribution in [-0.2, 0) is 6.54 Å². The number of carbonyl (C=O) groups excluding carboxylic acids is 1. The molecule has 1 amide bonds. The monoisotopic (exact) mass is 388 g/mol. The van der Waals surface area contributed by atoms with Gasteiger partial charge in [0.05, 0.1) is 12.8 Å². The molecule has 0 aliphatic rings. The zero-order valence-corrected chi connectivity index (χ0v) is 15.6. The molecule has 0 radical (unpaired) electrons. The summed E-state index contributed by atoms with van der Waals surface area (Å²) in [6, 6.07) is 18.8. The molecule has 0 atom stereocenters. The predicted octanol–water partition coefficient (Wildman–Crippen LogP) is 3.21. The standard InChI is InChI=1S/C20H16N6OS/c27-20(23-21-12-16-10-11-28-14-16)18-8-6-15(7-9-18)13-26-24-19(22-25-26)17-4-2-1-3-5-17/h1-12,14H,13H2,(H,23,27)/b21-12-. The van der Waals surface area contributed by atoms with Crippen molar-refractivity contribution in [2.24, 2.45) is 5.10 Å². The number of aromatic nitrogens is 4. The number of nitrogens with zero attached hydrogens (tertiary/aromatic N) is 5. The van der Waals surface area contributed by atoms with E-state index in [9.17, 15) is 4.79 Å². The summed E-state index contributed by atoms with van der Waals surface area (Å²) in [4.78, 5) is 13.7. The van der Waals surface area contributed by atoms with E-state index in [0.717, 1.165) is 16.7 Å². The first-order valence-corrected chi connectivity index (χ1v) is 9.50. The molecule has 0 fully saturated rings. The number of amides is 1. The van der Waals surface area contributed by atoms with Gasteiger partial charge < -0.3 is 0 Å². The molecule has 8 heteroatoms. The molecule has 2 aromatic heterocycles. The van der Waals surface area contributed by atoms with Gasteiger partial charge in [-0.2, -0.15) is 21.2 Å². The zero-order valence-electron chi connectivity index (χ0n) is 14.8. The van der Waals surface area contributed by atoms with Gasteiger partial charge in [0.1, 0.15) is 0 Å². The van der Waals surface area contributed by atoms with Crippen molar-refractivity contribution in [1.29, 1.82) is 0 Å². The van der Waals surface area contributed by atoms with Gasteiger partial charge in [-0.15, -0.1) is 10.2 Å². The Balaban J connectivity index is 1.37. The Kier molecular flexibility index (Phi) is 5.30. The topological polar surface area (TPSA) is 85.1 Å². The molecule has 0 saturated carbocycles. The normalized spacial score (nSPS) is 11.0. The van der Waals surface area contributed by atoms with Crippen LogP contribution >= 0.6 is 11.3 Å². The highest BCUT2D eigenvalue weighted by Gasteiger charge is 2.07. The third kappa shape index (κ3) is 4.36. The highest BCUT2D eigenvalue weighted by atomic mass is 32.1. The van der Waals surface area contributed by atoms with Crippen LogP contribution < -0.4 is 5.43 Å². The molecule has 0 aliphatic carbocycles. The summed E-state index contributed by atoms with van der Waals surface area (Å²) in [6.45, 7) is 0.470. The van der Waals surface area contributed by atoms with Crippen LogP contribution in [0.1, 0.15) is 21.5 Å². The SMILES string of the molecule is O=C(N/N=C\c1ccsc1)c1ccc(Cn2nnc(-c3ccccc3)n2)cc1. The first-order valence-electron chi connectivity index (χ1n) is 8.56. The van der Waals surface area contributed by atoms with Crippen LogP contribution in [0.25, 0.3) is 11.4 Å². The lowest BCUT2D eigenvalue weighted by atomic mass is 10.1. The van der Waals surface area contributed by atoms with Crippen LogP contribution in [0.3, 0.4) is 0 Å². The lowest BCUT2D eigenvalue weighted by Crippen LogP contribution is -2.17. The summed E-state index contributed by atoms with van der Waals surface area (Å²) in [5.74, 6) is 0.323. The third-order valence-electron chi connectivity index (χ3n) is 3.95. The molecule has 4 rings (SSSR count). The molecule has 0 spiro atoms. The lowest BCUT2D eigenvalue weighted by molar-refractivity contribution is 0.0955. The molecule has 0 saturated heterocycles. The van der Waals surface area contributed by atoms with E-state index in [1.54, 1.807) is 29.7 Å². The number of nitrogens with one attached hydrogen (secondary N) is 1. The van der Waals surface area contributed by atoms with Gasteiger partial charge in [-0.05, 0) is 39.7 Å². The molecule has 1 N–H and O–H groups in total. The fourth-order valence-corrected chi connectivity index (χ4v) is 3.13. The zero-order chi connectivity index (χ0) is 19.2. The van der Waals surface area contributed by atoms with Crippen molar-refractivity contribution in [2.45, 2.75) is 6.54 Å². The fourth-order valence-electron chi connectivity index (χ4n) is 2.52. The molecule has 2 heterocycles. The molecule has 28 heavy (non-hydrogen) atoms. The van der Waals surface area contributed by atoms with Crippen molar-refractivity contribution in [2.75, 3.05) is 0 Å². The number of benzene rings is 2. The minimum atomic E-state index is -0.261. The van der Waals surface area contributed by atoms with E-state index in [-0.39, 0.29) is 5.91 Å². The Morgan fingerprint density at radius 3 is 2.68 bits per heavy atom. The van der Waals surface area contributed by atoms with Gasteiger partial charge in [-0.3, -0.25) is 4.79 Å². The molecule has 0 bridgehead atoms. The fraction of sp³-hybridized carbons (Fsp3) is 0.0500. The summed E-state index contributed by atoms with van der Waals surface area (Å²) < 4.78 is 0. The summed E-state index contributed by atoms with van der Waals surface area (Å²) in [5.41, 5.74) is 5.90. The minimum Gasteiger partial charge on any atom is -0.267 e. The lowest BCUT2D eigenvalue weighted by Gasteiger charge is -2.03. The molecule has 0 unspecified atom stereocenters. The Labute approximate surface area is 165 Å². The van der Waals surface area contributed by atoms with E-state index >= 15 is 0 Å². The van der Waals surface area contributed by atoms with E-state index in [1.165, 1.54) is 4.80 Å². The second-order valence-corrected chi connectivity index (χ2v) is 6.74. The number of hydrogen-bond donors (Lipinski definition) is 1. The van der Waals surface area contributed by atoms with Crippen molar-refractivity contribution >= 4 is 23.5 Å². The van der Waals surface area contributed by atoms with Crippen LogP contribution in [0.15, 0.2) is 76.5 Å². The average Bonchev–Trinajstić information content (AvgIpc) is 3.41. The van der Waals surface area contributed by atoms with E-state index in [1.807, 2.05) is 59.3 Å². The number of carbonyl (C=O) groups is 1. The van der Waals surface area contributed by atoms with E-state index in [2.05, 4.69) is 25.9 Å². The Hall–Kier alpha value is -3.65. The van der Waals surface area contributed by atoms with Crippen LogP contribution in [0.5, 0.6) is 0 Å². The molecule has 4 aromatic rings. The Morgan fingerprint density at radius 1 is 1.11 bits per heavy atom.